The van der Waals surface area contributed by atoms with Gasteiger partial charge in [-0.1, -0.05) is 78.1 Å². The average Bonchev–Trinajstić information content (AvgIpc) is 3.52. The Balaban J connectivity index is 1.45. The third-order valence-electron chi connectivity index (χ3n) is 12.0. The summed E-state index contributed by atoms with van der Waals surface area (Å²) in [6.07, 6.45) is 43.5. The minimum absolute atomic E-state index is 0.285. The molecule has 0 saturated heterocycles. The molecule has 1 aliphatic heterocycles. The third kappa shape index (κ3) is 18.7. The summed E-state index contributed by atoms with van der Waals surface area (Å²) in [4.78, 5) is 1.46. The maximum absolute atomic E-state index is 14.7. The van der Waals surface area contributed by atoms with Gasteiger partial charge in [0.05, 0.1) is 0 Å². The number of fused-ring (bicyclic) bond motifs is 1. The summed E-state index contributed by atoms with van der Waals surface area (Å²) in [7, 11) is -1.74. The number of para-hydroxylation sites is 2. The summed E-state index contributed by atoms with van der Waals surface area (Å²) in [6.45, 7) is 4.59. The van der Waals surface area contributed by atoms with E-state index in [-0.39, 0.29) is 4.90 Å². The average molecular weight is 904 g/mol. The fourth-order valence-corrected chi connectivity index (χ4v) is 38.6. The summed E-state index contributed by atoms with van der Waals surface area (Å²) in [5, 5.41) is 0. The molecule has 0 aromatic heterocycles. The second-order valence-electron chi connectivity index (χ2n) is 16.9. The van der Waals surface area contributed by atoms with E-state index in [1.807, 2.05) is 29.7 Å². The molecular formula is C48H84N2O2S2Sn. The predicted molar refractivity (Wildman–Crippen MR) is 247 cm³/mol. The standard InChI is InChI=1S/2C18H37.C12H11N2O2S2.Sn/c2*1-3-5-7-9-11-13-15-17-18-16-14-12-10-8-6-4-2;13-9-5-1-4-8-12(9)18(15,16)14-10-6-2-3-7-11(10)17;/h2*1,3-18H2,2H3;1-8,17H,13H2;/q;;-1;+2/p-1. The molecule has 2 aromatic rings. The van der Waals surface area contributed by atoms with Gasteiger partial charge in [-0.2, -0.15) is 0 Å². The van der Waals surface area contributed by atoms with E-state index in [1.54, 1.807) is 12.1 Å². The Morgan fingerprint density at radius 3 is 1.18 bits per heavy atom. The molecule has 0 spiro atoms. The molecule has 7 heteroatoms. The first-order valence-electron chi connectivity index (χ1n) is 23.6. The van der Waals surface area contributed by atoms with Crippen LogP contribution in [0.4, 0.5) is 11.4 Å². The second kappa shape index (κ2) is 30.2. The maximum atomic E-state index is 14.7. The van der Waals surface area contributed by atoms with Crippen molar-refractivity contribution in [2.45, 2.75) is 238 Å². The minimum atomic E-state index is -3.75. The quantitative estimate of drug-likeness (QED) is 0.0420. The Kier molecular flexibility index (Phi) is 26.7. The third-order valence-corrected chi connectivity index (χ3v) is 38.1. The van der Waals surface area contributed by atoms with Crippen LogP contribution in [0.15, 0.2) is 58.3 Å². The molecular weight excluding hydrogens is 819 g/mol. The van der Waals surface area contributed by atoms with Gasteiger partial charge in [0.25, 0.3) is 0 Å². The molecule has 314 valence electrons. The van der Waals surface area contributed by atoms with Crippen LogP contribution in [0.5, 0.6) is 0 Å². The molecule has 2 aromatic carbocycles. The van der Waals surface area contributed by atoms with Gasteiger partial charge in [-0.25, -0.2) is 0 Å². The Bertz CT molecular complexity index is 1320. The van der Waals surface area contributed by atoms with E-state index in [1.165, 1.54) is 198 Å². The number of nitrogen functional groups attached to an aromatic ring is 1. The van der Waals surface area contributed by atoms with Gasteiger partial charge in [0.1, 0.15) is 0 Å². The molecule has 2 N–H and O–H groups in total. The van der Waals surface area contributed by atoms with E-state index >= 15 is 0 Å². The first-order chi connectivity index (χ1) is 27.0. The molecule has 0 bridgehead atoms. The fourth-order valence-electron chi connectivity index (χ4n) is 8.67. The zero-order valence-corrected chi connectivity index (χ0v) is 40.3. The van der Waals surface area contributed by atoms with Crippen molar-refractivity contribution in [1.82, 2.24) is 0 Å². The molecule has 0 aliphatic carbocycles. The van der Waals surface area contributed by atoms with E-state index in [4.69, 9.17) is 5.73 Å². The van der Waals surface area contributed by atoms with Crippen LogP contribution >= 0.6 is 8.95 Å². The molecule has 0 unspecified atom stereocenters. The molecule has 55 heavy (non-hydrogen) atoms. The number of hydrogen-bond acceptors (Lipinski definition) is 4. The first-order valence-corrected chi connectivity index (χ1v) is 34.7. The van der Waals surface area contributed by atoms with E-state index < -0.39 is 27.3 Å². The second-order valence-corrected chi connectivity index (χ2v) is 36.6. The van der Waals surface area contributed by atoms with Crippen molar-refractivity contribution in [3.63, 3.8) is 0 Å². The van der Waals surface area contributed by atoms with E-state index in [9.17, 15) is 8.42 Å². The normalized spacial score (nSPS) is 13.8. The fraction of sp³-hybridized carbons (Fsp3) is 0.750. The SMILES string of the molecule is CCCCCCCCCCCCCCCCC[CH2][Sn]1([CH2]CCCCCCCCCCCCCCCCC)[S]c2ccccc2[N]1S(=O)(=O)c1ccccc1N. The Labute approximate surface area is 348 Å². The van der Waals surface area contributed by atoms with E-state index in [2.05, 4.69) is 32.0 Å². The van der Waals surface area contributed by atoms with E-state index in [0.717, 1.165) is 27.4 Å². The Morgan fingerprint density at radius 2 is 0.800 bits per heavy atom. The Morgan fingerprint density at radius 1 is 0.473 bits per heavy atom. The summed E-state index contributed by atoms with van der Waals surface area (Å²) in [5.41, 5.74) is 7.65. The van der Waals surface area contributed by atoms with Gasteiger partial charge in [0, 0.05) is 0 Å². The van der Waals surface area contributed by atoms with Crippen molar-refractivity contribution >= 4 is 47.6 Å². The number of sulfonamides is 1. The van der Waals surface area contributed by atoms with Crippen LogP contribution in [0.25, 0.3) is 0 Å². The number of anilines is 2. The zero-order chi connectivity index (χ0) is 39.3. The number of unbranched alkanes of at least 4 members (excludes halogenated alkanes) is 30. The van der Waals surface area contributed by atoms with Crippen molar-refractivity contribution in [3.8, 4) is 0 Å². The van der Waals surface area contributed by atoms with Crippen LogP contribution in [0, 0.1) is 0 Å². The molecule has 0 radical (unpaired) electrons. The number of benzene rings is 2. The van der Waals surface area contributed by atoms with Crippen molar-refractivity contribution in [3.05, 3.63) is 48.5 Å². The zero-order valence-electron chi connectivity index (χ0n) is 35.8. The van der Waals surface area contributed by atoms with Crippen LogP contribution in [-0.4, -0.2) is 25.7 Å². The summed E-state index contributed by atoms with van der Waals surface area (Å²) in [5.74, 6) is 0. The van der Waals surface area contributed by atoms with Crippen molar-refractivity contribution in [2.75, 3.05) is 8.26 Å². The van der Waals surface area contributed by atoms with Gasteiger partial charge in [-0.3, -0.25) is 0 Å². The Hall–Kier alpha value is -0.861. The summed E-state index contributed by atoms with van der Waals surface area (Å²) in [6, 6.07) is 15.4. The molecule has 0 saturated carbocycles. The molecule has 0 amide bonds. The van der Waals surface area contributed by atoms with Crippen LogP contribution in [0.2, 0.25) is 8.87 Å². The molecule has 0 atom stereocenters. The van der Waals surface area contributed by atoms with Crippen molar-refractivity contribution in [1.29, 1.82) is 0 Å². The van der Waals surface area contributed by atoms with Gasteiger partial charge in [0.15, 0.2) is 0 Å². The van der Waals surface area contributed by atoms with E-state index in [0.29, 0.717) is 5.69 Å². The number of nitrogens with zero attached hydrogens (tertiary/aromatic N) is 1. The summed E-state index contributed by atoms with van der Waals surface area (Å²) >= 11 is -3.54. The van der Waals surface area contributed by atoms with Crippen LogP contribution < -0.4 is 8.26 Å². The van der Waals surface area contributed by atoms with Crippen LogP contribution in [0.3, 0.4) is 0 Å². The van der Waals surface area contributed by atoms with Gasteiger partial charge in [-0.15, -0.1) is 0 Å². The molecule has 1 heterocycles. The van der Waals surface area contributed by atoms with Crippen molar-refractivity contribution < 1.29 is 8.42 Å². The number of hydrogen-bond donors (Lipinski definition) is 1. The van der Waals surface area contributed by atoms with Gasteiger partial charge < -0.3 is 0 Å². The van der Waals surface area contributed by atoms with Crippen LogP contribution in [0.1, 0.15) is 219 Å². The molecule has 3 rings (SSSR count). The van der Waals surface area contributed by atoms with Gasteiger partial charge >= 0.3 is 273 Å². The first kappa shape index (κ1) is 48.5. The number of rotatable bonds is 36. The van der Waals surface area contributed by atoms with Gasteiger partial charge in [-0.05, 0) is 0 Å². The summed E-state index contributed by atoms with van der Waals surface area (Å²) < 4.78 is 33.5. The van der Waals surface area contributed by atoms with Gasteiger partial charge in [0.2, 0.25) is 0 Å². The topological polar surface area (TPSA) is 63.4 Å². The van der Waals surface area contributed by atoms with Crippen molar-refractivity contribution in [2.24, 2.45) is 0 Å². The molecule has 4 nitrogen and oxygen atoms in total. The number of nitrogens with two attached hydrogens (primary N) is 1. The van der Waals surface area contributed by atoms with Crippen LogP contribution in [-0.2, 0) is 10.0 Å². The predicted octanol–water partition coefficient (Wildman–Crippen LogP) is 16.5. The molecule has 1 aliphatic rings. The molecule has 0 fully saturated rings. The monoisotopic (exact) mass is 904 g/mol.